The summed E-state index contributed by atoms with van der Waals surface area (Å²) in [6, 6.07) is 5.49. The lowest BCUT2D eigenvalue weighted by molar-refractivity contribution is -0.127. The Kier molecular flexibility index (Phi) is 6.35. The van der Waals surface area contributed by atoms with Gasteiger partial charge in [0.05, 0.1) is 12.2 Å². The predicted molar refractivity (Wildman–Crippen MR) is 74.5 cm³/mol. The van der Waals surface area contributed by atoms with Crippen molar-refractivity contribution < 1.29 is 24.2 Å². The fraction of sp³-hybridized carbons (Fsp3) is 0.357. The van der Waals surface area contributed by atoms with E-state index in [-0.39, 0.29) is 12.2 Å². The maximum atomic E-state index is 11.8. The van der Waals surface area contributed by atoms with Crippen LogP contribution >= 0.6 is 0 Å². The first kappa shape index (κ1) is 16.6. The number of hydrogen-bond acceptors (Lipinski definition) is 5. The van der Waals surface area contributed by atoms with Crippen LogP contribution in [-0.2, 0) is 16.1 Å². The van der Waals surface area contributed by atoms with E-state index < -0.39 is 24.0 Å². The molecule has 0 radical (unpaired) electrons. The minimum absolute atomic E-state index is 0.124. The predicted octanol–water partition coefficient (Wildman–Crippen LogP) is 0.570. The van der Waals surface area contributed by atoms with Crippen LogP contribution < -0.4 is 10.6 Å². The number of carbonyl (C=O) groups is 3. The maximum absolute atomic E-state index is 11.8. The summed E-state index contributed by atoms with van der Waals surface area (Å²) in [7, 11) is 0. The number of esters is 1. The molecule has 1 unspecified atom stereocenters. The van der Waals surface area contributed by atoms with E-state index in [1.807, 2.05) is 0 Å². The highest BCUT2D eigenvalue weighted by Gasteiger charge is 2.20. The van der Waals surface area contributed by atoms with Crippen molar-refractivity contribution in [3.05, 3.63) is 35.4 Å². The third kappa shape index (κ3) is 5.23. The summed E-state index contributed by atoms with van der Waals surface area (Å²) >= 11 is 0. The van der Waals surface area contributed by atoms with Crippen LogP contribution in [0.5, 0.6) is 0 Å². The summed E-state index contributed by atoms with van der Waals surface area (Å²) in [6.45, 7) is 3.34. The Morgan fingerprint density at radius 1 is 1.24 bits per heavy atom. The number of rotatable bonds is 5. The number of hydrogen-bond donors (Lipinski definition) is 3. The fourth-order valence-electron chi connectivity index (χ4n) is 1.45. The average molecular weight is 294 g/mol. The summed E-state index contributed by atoms with van der Waals surface area (Å²) < 4.78 is 4.96. The van der Waals surface area contributed by atoms with Gasteiger partial charge in [0, 0.05) is 6.54 Å². The van der Waals surface area contributed by atoms with Crippen LogP contribution in [0.25, 0.3) is 0 Å². The summed E-state index contributed by atoms with van der Waals surface area (Å²) in [5.74, 6) is -1.39. The molecule has 0 aliphatic heterocycles. The third-order valence-electron chi connectivity index (χ3n) is 2.60. The van der Waals surface area contributed by atoms with Gasteiger partial charge in [0.15, 0.2) is 6.10 Å². The second kappa shape index (κ2) is 8.01. The van der Waals surface area contributed by atoms with E-state index in [4.69, 9.17) is 9.84 Å². The first-order valence-corrected chi connectivity index (χ1v) is 6.47. The first-order chi connectivity index (χ1) is 9.97. The van der Waals surface area contributed by atoms with Gasteiger partial charge in [-0.3, -0.25) is 10.1 Å². The van der Waals surface area contributed by atoms with Crippen LogP contribution in [0, 0.1) is 0 Å². The van der Waals surface area contributed by atoms with Gasteiger partial charge in [-0.2, -0.15) is 0 Å². The molecular weight excluding hydrogens is 276 g/mol. The van der Waals surface area contributed by atoms with E-state index in [1.54, 1.807) is 19.1 Å². The summed E-state index contributed by atoms with van der Waals surface area (Å²) in [4.78, 5) is 34.6. The molecule has 1 aromatic carbocycles. The van der Waals surface area contributed by atoms with Gasteiger partial charge in [-0.1, -0.05) is 12.1 Å². The van der Waals surface area contributed by atoms with Gasteiger partial charge in [0.25, 0.3) is 5.91 Å². The molecule has 0 fully saturated rings. The van der Waals surface area contributed by atoms with E-state index in [9.17, 15) is 14.4 Å². The van der Waals surface area contributed by atoms with E-state index in [2.05, 4.69) is 10.6 Å². The smallest absolute Gasteiger partial charge is 0.338 e. The van der Waals surface area contributed by atoms with Gasteiger partial charge in [-0.25, -0.2) is 9.59 Å². The summed E-state index contributed by atoms with van der Waals surface area (Å²) in [6.07, 6.45) is -1.10. The van der Waals surface area contributed by atoms with Crippen LogP contribution in [0.4, 0.5) is 4.79 Å². The van der Waals surface area contributed by atoms with Crippen molar-refractivity contribution in [1.82, 2.24) is 10.6 Å². The SMILES string of the molecule is CCNC(=O)NC(=O)C(C)OC(=O)c1ccc(CO)cc1. The standard InChI is InChI=1S/C14H18N2O5/c1-3-15-14(20)16-12(18)9(2)21-13(19)11-6-4-10(8-17)5-7-11/h4-7,9,17H,3,8H2,1-2H3,(H2,15,16,18,20). The van der Waals surface area contributed by atoms with Crippen molar-refractivity contribution in [3.63, 3.8) is 0 Å². The van der Waals surface area contributed by atoms with Crippen molar-refractivity contribution in [2.75, 3.05) is 6.54 Å². The largest absolute Gasteiger partial charge is 0.449 e. The Hall–Kier alpha value is -2.41. The number of benzene rings is 1. The molecule has 0 aromatic heterocycles. The fourth-order valence-corrected chi connectivity index (χ4v) is 1.45. The number of nitrogens with one attached hydrogen (secondary N) is 2. The van der Waals surface area contributed by atoms with E-state index in [0.29, 0.717) is 12.1 Å². The number of urea groups is 1. The van der Waals surface area contributed by atoms with Crippen molar-refractivity contribution in [2.45, 2.75) is 26.6 Å². The average Bonchev–Trinajstić information content (AvgIpc) is 2.47. The van der Waals surface area contributed by atoms with Gasteiger partial charge in [0.2, 0.25) is 0 Å². The van der Waals surface area contributed by atoms with Gasteiger partial charge in [-0.15, -0.1) is 0 Å². The monoisotopic (exact) mass is 294 g/mol. The Morgan fingerprint density at radius 3 is 2.38 bits per heavy atom. The lowest BCUT2D eigenvalue weighted by Gasteiger charge is -2.13. The third-order valence-corrected chi connectivity index (χ3v) is 2.60. The Balaban J connectivity index is 2.56. The zero-order valence-electron chi connectivity index (χ0n) is 11.9. The van der Waals surface area contributed by atoms with Gasteiger partial charge < -0.3 is 15.2 Å². The molecule has 0 saturated heterocycles. The van der Waals surface area contributed by atoms with Crippen LogP contribution in [-0.4, -0.2) is 35.7 Å². The first-order valence-electron chi connectivity index (χ1n) is 6.47. The Bertz CT molecular complexity index is 513. The minimum Gasteiger partial charge on any atom is -0.449 e. The molecule has 0 saturated carbocycles. The second-order valence-electron chi connectivity index (χ2n) is 4.25. The molecular formula is C14H18N2O5. The normalized spacial score (nSPS) is 11.4. The summed E-state index contributed by atoms with van der Waals surface area (Å²) in [5, 5.41) is 13.4. The molecule has 1 aromatic rings. The quantitative estimate of drug-likeness (QED) is 0.689. The topological polar surface area (TPSA) is 105 Å². The van der Waals surface area contributed by atoms with Crippen molar-refractivity contribution in [3.8, 4) is 0 Å². The van der Waals surface area contributed by atoms with Crippen LogP contribution in [0.2, 0.25) is 0 Å². The zero-order chi connectivity index (χ0) is 15.8. The van der Waals surface area contributed by atoms with Crippen LogP contribution in [0.1, 0.15) is 29.8 Å². The zero-order valence-corrected chi connectivity index (χ0v) is 11.9. The molecule has 0 aliphatic rings. The van der Waals surface area contributed by atoms with E-state index >= 15 is 0 Å². The lowest BCUT2D eigenvalue weighted by Crippen LogP contribution is -2.44. The molecule has 114 valence electrons. The van der Waals surface area contributed by atoms with Crippen molar-refractivity contribution in [1.29, 1.82) is 0 Å². The van der Waals surface area contributed by atoms with Crippen molar-refractivity contribution in [2.24, 2.45) is 0 Å². The number of imide groups is 1. The second-order valence-corrected chi connectivity index (χ2v) is 4.25. The van der Waals surface area contributed by atoms with Crippen molar-refractivity contribution >= 4 is 17.9 Å². The molecule has 1 rings (SSSR count). The molecule has 0 aliphatic carbocycles. The van der Waals surface area contributed by atoms with Gasteiger partial charge in [-0.05, 0) is 31.5 Å². The lowest BCUT2D eigenvalue weighted by atomic mass is 10.1. The molecule has 0 heterocycles. The van der Waals surface area contributed by atoms with E-state index in [0.717, 1.165) is 0 Å². The molecule has 0 bridgehead atoms. The Morgan fingerprint density at radius 2 is 1.86 bits per heavy atom. The molecule has 21 heavy (non-hydrogen) atoms. The number of aliphatic hydroxyl groups is 1. The number of carbonyl (C=O) groups excluding carboxylic acids is 3. The van der Waals surface area contributed by atoms with Crippen LogP contribution in [0.15, 0.2) is 24.3 Å². The number of amides is 3. The number of aliphatic hydroxyl groups excluding tert-OH is 1. The van der Waals surface area contributed by atoms with Gasteiger partial charge in [0.1, 0.15) is 0 Å². The molecule has 3 N–H and O–H groups in total. The molecule has 7 heteroatoms. The van der Waals surface area contributed by atoms with Gasteiger partial charge >= 0.3 is 12.0 Å². The molecule has 7 nitrogen and oxygen atoms in total. The van der Waals surface area contributed by atoms with E-state index in [1.165, 1.54) is 19.1 Å². The number of ether oxygens (including phenoxy) is 1. The van der Waals surface area contributed by atoms with Crippen LogP contribution in [0.3, 0.4) is 0 Å². The molecule has 3 amide bonds. The maximum Gasteiger partial charge on any atom is 0.338 e. The highest BCUT2D eigenvalue weighted by atomic mass is 16.5. The highest BCUT2D eigenvalue weighted by molar-refractivity contribution is 5.98. The molecule has 1 atom stereocenters. The molecule has 0 spiro atoms. The Labute approximate surface area is 122 Å². The minimum atomic E-state index is -1.10. The summed E-state index contributed by atoms with van der Waals surface area (Å²) in [5.41, 5.74) is 0.915. The highest BCUT2D eigenvalue weighted by Crippen LogP contribution is 2.07.